The van der Waals surface area contributed by atoms with E-state index < -0.39 is 0 Å². The van der Waals surface area contributed by atoms with Gasteiger partial charge in [-0.25, -0.2) is 0 Å². The van der Waals surface area contributed by atoms with Crippen molar-refractivity contribution in [3.8, 4) is 0 Å². The maximum atomic E-state index is 4.80. The van der Waals surface area contributed by atoms with Gasteiger partial charge >= 0.3 is 33.3 Å². The van der Waals surface area contributed by atoms with Gasteiger partial charge in [0.25, 0.3) is 0 Å². The minimum absolute atomic E-state index is 0.00694. The summed E-state index contributed by atoms with van der Waals surface area (Å²) in [6.07, 6.45) is 4.71. The molecule has 2 heterocycles. The predicted molar refractivity (Wildman–Crippen MR) is 138 cm³/mol. The molecule has 0 aromatic heterocycles. The van der Waals surface area contributed by atoms with Gasteiger partial charge in [-0.05, 0) is 49.9 Å². The smallest absolute Gasteiger partial charge is 0.0120 e. The zero-order valence-electron chi connectivity index (χ0n) is 19.4. The third-order valence-corrected chi connectivity index (χ3v) is 6.69. The van der Waals surface area contributed by atoms with Gasteiger partial charge in [0, 0.05) is 51.4 Å². The van der Waals surface area contributed by atoms with E-state index in [4.69, 9.17) is 20.2 Å². The summed E-state index contributed by atoms with van der Waals surface area (Å²) >= 11 is 0.00694. The molecule has 183 valence electrons. The molecule has 7 heteroatoms. The van der Waals surface area contributed by atoms with Crippen LogP contribution in [0.1, 0.15) is 24.0 Å². The Morgan fingerprint density at radius 2 is 1.03 bits per heavy atom. The first kappa shape index (κ1) is 27.0. The molecule has 33 heavy (non-hydrogen) atoms. The average molecular weight is 532 g/mol. The van der Waals surface area contributed by atoms with Crippen molar-refractivity contribution < 1.29 is 13.1 Å². The summed E-state index contributed by atoms with van der Waals surface area (Å²) in [5.41, 5.74) is 2.89. The number of benzene rings is 2. The van der Waals surface area contributed by atoms with Crippen LogP contribution in [0.5, 0.6) is 0 Å². The molecular weight excluding hydrogens is 494 g/mol. The van der Waals surface area contributed by atoms with Gasteiger partial charge in [0.1, 0.15) is 0 Å². The first-order chi connectivity index (χ1) is 16.3. The number of nitrogens with zero attached hydrogens (tertiary/aromatic N) is 2. The molecule has 0 radical (unpaired) electrons. The molecule has 4 nitrogen and oxygen atoms in total. The van der Waals surface area contributed by atoms with Crippen LogP contribution in [0.4, 0.5) is 0 Å². The van der Waals surface area contributed by atoms with Gasteiger partial charge in [-0.15, -0.1) is 0 Å². The van der Waals surface area contributed by atoms with Crippen molar-refractivity contribution in [2.24, 2.45) is 0 Å². The van der Waals surface area contributed by atoms with Crippen molar-refractivity contribution >= 4 is 20.2 Å². The molecule has 2 bridgehead atoms. The van der Waals surface area contributed by atoms with Gasteiger partial charge in [0.05, 0.1) is 0 Å². The maximum absolute atomic E-state index is 4.80. The Morgan fingerprint density at radius 1 is 0.636 bits per heavy atom. The third kappa shape index (κ3) is 10.7. The minimum atomic E-state index is 0.00694. The Hall–Kier alpha value is -0.621. The van der Waals surface area contributed by atoms with Crippen molar-refractivity contribution in [1.82, 2.24) is 20.4 Å². The van der Waals surface area contributed by atoms with Gasteiger partial charge in [-0.1, -0.05) is 60.7 Å². The van der Waals surface area contributed by atoms with Crippen LogP contribution in [0.2, 0.25) is 0 Å². The van der Waals surface area contributed by atoms with Crippen molar-refractivity contribution in [2.45, 2.75) is 37.8 Å². The Bertz CT molecular complexity index is 689. The van der Waals surface area contributed by atoms with E-state index in [1.54, 1.807) is 0 Å². The Morgan fingerprint density at radius 3 is 1.42 bits per heavy atom. The van der Waals surface area contributed by atoms with Crippen LogP contribution >= 0.6 is 20.2 Å². The fourth-order valence-corrected chi connectivity index (χ4v) is 4.83. The molecule has 2 aromatic rings. The average Bonchev–Trinajstić information content (AvgIpc) is 2.84. The summed E-state index contributed by atoms with van der Waals surface area (Å²) in [6.45, 7) is 9.25. The van der Waals surface area contributed by atoms with Gasteiger partial charge in [-0.2, -0.15) is 0 Å². The van der Waals surface area contributed by atoms with E-state index in [2.05, 4.69) is 81.1 Å². The van der Waals surface area contributed by atoms with Crippen LogP contribution in [0.15, 0.2) is 60.7 Å². The van der Waals surface area contributed by atoms with Crippen LogP contribution < -0.4 is 10.6 Å². The first-order valence-corrected chi connectivity index (χ1v) is 15.4. The summed E-state index contributed by atoms with van der Waals surface area (Å²) in [6, 6.07) is 23.0. The molecule has 2 aliphatic rings. The van der Waals surface area contributed by atoms with Gasteiger partial charge in [0.15, 0.2) is 0 Å². The van der Waals surface area contributed by atoms with Crippen molar-refractivity contribution in [3.63, 3.8) is 0 Å². The number of rotatable bonds is 4. The molecule has 2 aliphatic heterocycles. The van der Waals surface area contributed by atoms with Crippen LogP contribution in [0.3, 0.4) is 0 Å². The molecule has 2 saturated heterocycles. The fourth-order valence-electron chi connectivity index (χ4n) is 4.83. The summed E-state index contributed by atoms with van der Waals surface area (Å²) in [7, 11) is 9.59. The number of fused-ring (bicyclic) bond motifs is 3. The number of hydrogen-bond acceptors (Lipinski definition) is 4. The summed E-state index contributed by atoms with van der Waals surface area (Å²) in [5.74, 6) is 0. The summed E-state index contributed by atoms with van der Waals surface area (Å²) in [4.78, 5) is 5.35. The molecule has 2 N–H and O–H groups in total. The summed E-state index contributed by atoms with van der Waals surface area (Å²) in [5, 5.41) is 7.75. The van der Waals surface area contributed by atoms with Gasteiger partial charge in [-0.3, -0.25) is 0 Å². The predicted octanol–water partition coefficient (Wildman–Crippen LogP) is 4.18. The van der Waals surface area contributed by atoms with E-state index in [0.717, 1.165) is 39.0 Å². The molecular formula is C26H38Cl2MnN4. The molecule has 0 amide bonds. The SMILES string of the molecule is [Cl][Mn][Cl].c1ccc(CC2CCN3CCNC(Cc4ccccc4)CCN(CCN2)CC3)cc1. The second kappa shape index (κ2) is 16.1. The second-order valence-electron chi connectivity index (χ2n) is 9.00. The zero-order valence-corrected chi connectivity index (χ0v) is 22.1. The monoisotopic (exact) mass is 531 g/mol. The van der Waals surface area contributed by atoms with Crippen LogP contribution in [0, 0.1) is 0 Å². The van der Waals surface area contributed by atoms with E-state index in [9.17, 15) is 0 Å². The Kier molecular flexibility index (Phi) is 13.2. The van der Waals surface area contributed by atoms with Crippen LogP contribution in [-0.2, 0) is 26.0 Å². The van der Waals surface area contributed by atoms with Crippen molar-refractivity contribution in [2.75, 3.05) is 52.4 Å². The Labute approximate surface area is 215 Å². The van der Waals surface area contributed by atoms with Gasteiger partial charge in [0.2, 0.25) is 0 Å². The topological polar surface area (TPSA) is 30.5 Å². The van der Waals surface area contributed by atoms with E-state index >= 15 is 0 Å². The molecule has 2 fully saturated rings. The standard InChI is InChI=1S/C26H38N4.2ClH.Mn/c1-3-7-23(8-4-1)21-25-11-15-29-18-14-28-26(22-24-9-5-2-6-10-24)12-16-30(20-19-29)17-13-27-25;;;/h1-10,25-28H,11-22H2;2*1H;/q;;;+2/p-2. The molecule has 4 rings (SSSR count). The van der Waals surface area contributed by atoms with Gasteiger partial charge < -0.3 is 20.4 Å². The quantitative estimate of drug-likeness (QED) is 0.579. The van der Waals surface area contributed by atoms with Crippen LogP contribution in [-0.4, -0.2) is 74.2 Å². The van der Waals surface area contributed by atoms with Crippen LogP contribution in [0.25, 0.3) is 0 Å². The summed E-state index contributed by atoms with van der Waals surface area (Å²) < 4.78 is 0. The first-order valence-electron chi connectivity index (χ1n) is 12.1. The second-order valence-corrected chi connectivity index (χ2v) is 10.9. The minimum Gasteiger partial charge on any atom is -0.312 e. The molecule has 0 aliphatic carbocycles. The number of halogens is 2. The van der Waals surface area contributed by atoms with E-state index in [0.29, 0.717) is 12.1 Å². The van der Waals surface area contributed by atoms with Crippen molar-refractivity contribution in [3.05, 3.63) is 71.8 Å². The molecule has 4 atom stereocenters. The molecule has 2 aromatic carbocycles. The number of hydrogen-bond donors (Lipinski definition) is 2. The van der Waals surface area contributed by atoms with E-state index in [1.165, 1.54) is 50.1 Å². The van der Waals surface area contributed by atoms with E-state index in [-0.39, 0.29) is 13.1 Å². The molecule has 0 spiro atoms. The fraction of sp³-hybridized carbons (Fsp3) is 0.538. The largest absolute Gasteiger partial charge is 0.312 e. The van der Waals surface area contributed by atoms with E-state index in [1.807, 2.05) is 0 Å². The molecule has 4 unspecified atom stereocenters. The zero-order chi connectivity index (χ0) is 23.1. The number of nitrogens with one attached hydrogen (secondary N) is 2. The normalized spacial score (nSPS) is 26.6. The third-order valence-electron chi connectivity index (χ3n) is 6.69. The Balaban J connectivity index is 0.000000968. The van der Waals surface area contributed by atoms with Crippen molar-refractivity contribution in [1.29, 1.82) is 0 Å². The maximum Gasteiger partial charge on any atom is 0.0120 e. The molecule has 0 saturated carbocycles.